The Kier molecular flexibility index (Phi) is 6.26. The molecule has 0 aliphatic heterocycles. The van der Waals surface area contributed by atoms with Gasteiger partial charge in [0.15, 0.2) is 13.2 Å². The lowest BCUT2D eigenvalue weighted by molar-refractivity contribution is -0.154. The Labute approximate surface area is 130 Å². The molecule has 12 heteroatoms. The molecule has 134 valence electrons. The molecule has 1 rings (SSSR count). The molecule has 0 fully saturated rings. The number of carbonyl (C=O) groups is 1. The number of benzene rings is 1. The minimum atomic E-state index is -4.69. The second kappa shape index (κ2) is 7.75. The van der Waals surface area contributed by atoms with Crippen molar-refractivity contribution in [1.82, 2.24) is 5.32 Å². The Morgan fingerprint density at radius 2 is 1.71 bits per heavy atom. The number of oxime groups is 1. The zero-order valence-corrected chi connectivity index (χ0v) is 11.6. The summed E-state index contributed by atoms with van der Waals surface area (Å²) in [7, 11) is 0. The molecule has 2 N–H and O–H groups in total. The number of nitrogens with zero attached hydrogens (tertiary/aromatic N) is 1. The zero-order valence-electron chi connectivity index (χ0n) is 11.6. The zero-order chi connectivity index (χ0) is 18.4. The summed E-state index contributed by atoms with van der Waals surface area (Å²) in [5.41, 5.74) is -0.543. The van der Waals surface area contributed by atoms with Crippen molar-refractivity contribution in [3.63, 3.8) is 0 Å². The maximum Gasteiger partial charge on any atom is 0.422 e. The Balaban J connectivity index is 3.02. The summed E-state index contributed by atoms with van der Waals surface area (Å²) in [6.07, 6.45) is -8.82. The molecule has 0 aliphatic carbocycles. The molecule has 1 aromatic carbocycles. The molecule has 0 aromatic heterocycles. The molecule has 0 unspecified atom stereocenters. The van der Waals surface area contributed by atoms with Crippen molar-refractivity contribution in [3.05, 3.63) is 23.8 Å². The topological polar surface area (TPSA) is 80.2 Å². The third-order valence-corrected chi connectivity index (χ3v) is 2.24. The van der Waals surface area contributed by atoms with Crippen molar-refractivity contribution in [3.8, 4) is 11.5 Å². The van der Waals surface area contributed by atoms with Crippen LogP contribution in [0.4, 0.5) is 26.3 Å². The molecule has 0 bridgehead atoms. The molecule has 0 saturated carbocycles. The Morgan fingerprint density at radius 1 is 1.12 bits per heavy atom. The molecular formula is C12H10F6N2O4. The highest BCUT2D eigenvalue weighted by atomic mass is 19.4. The van der Waals surface area contributed by atoms with Gasteiger partial charge in [0.05, 0.1) is 5.56 Å². The van der Waals surface area contributed by atoms with Gasteiger partial charge in [0.2, 0.25) is 0 Å². The summed E-state index contributed by atoms with van der Waals surface area (Å²) < 4.78 is 81.7. The predicted octanol–water partition coefficient (Wildman–Crippen LogP) is 2.72. The molecule has 0 spiro atoms. The summed E-state index contributed by atoms with van der Waals surface area (Å²) in [5, 5.41) is 12.5. The van der Waals surface area contributed by atoms with Crippen LogP contribution in [0.25, 0.3) is 0 Å². The number of halogens is 6. The SMILES string of the molecule is O=C(N/C=N/O)c1cc(OCC(F)(F)F)ccc1OCC(F)(F)F. The largest absolute Gasteiger partial charge is 0.484 e. The summed E-state index contributed by atoms with van der Waals surface area (Å²) in [6.45, 7) is -3.38. The van der Waals surface area contributed by atoms with E-state index in [2.05, 4.69) is 14.6 Å². The minimum Gasteiger partial charge on any atom is -0.484 e. The van der Waals surface area contributed by atoms with E-state index in [0.29, 0.717) is 6.34 Å². The molecule has 24 heavy (non-hydrogen) atoms. The smallest absolute Gasteiger partial charge is 0.422 e. The molecule has 0 radical (unpaired) electrons. The average Bonchev–Trinajstić information content (AvgIpc) is 2.47. The molecule has 1 aromatic rings. The number of hydrogen-bond donors (Lipinski definition) is 2. The van der Waals surface area contributed by atoms with Crippen molar-refractivity contribution in [2.45, 2.75) is 12.4 Å². The van der Waals surface area contributed by atoms with Crippen LogP contribution in [0.1, 0.15) is 10.4 Å². The van der Waals surface area contributed by atoms with Crippen molar-refractivity contribution in [2.24, 2.45) is 5.16 Å². The first-order valence-corrected chi connectivity index (χ1v) is 6.02. The van der Waals surface area contributed by atoms with E-state index in [4.69, 9.17) is 5.21 Å². The lowest BCUT2D eigenvalue weighted by Gasteiger charge is -2.14. The van der Waals surface area contributed by atoms with Crippen LogP contribution in [0.15, 0.2) is 23.4 Å². The van der Waals surface area contributed by atoms with Gasteiger partial charge in [0.25, 0.3) is 5.91 Å². The molecule has 6 nitrogen and oxygen atoms in total. The second-order valence-corrected chi connectivity index (χ2v) is 4.18. The standard InChI is InChI=1S/C12H10F6N2O4/c13-11(14,15)4-23-7-1-2-9(24-5-12(16,17)18)8(3-7)10(21)19-6-20-22/h1-3,6,22H,4-5H2,(H,19,20,21). The van der Waals surface area contributed by atoms with E-state index in [0.717, 1.165) is 18.2 Å². The highest BCUT2D eigenvalue weighted by Crippen LogP contribution is 2.27. The van der Waals surface area contributed by atoms with Gasteiger partial charge in [-0.2, -0.15) is 26.3 Å². The van der Waals surface area contributed by atoms with Crippen LogP contribution in [0.3, 0.4) is 0 Å². The fraction of sp³-hybridized carbons (Fsp3) is 0.333. The Morgan fingerprint density at radius 3 is 2.25 bits per heavy atom. The van der Waals surface area contributed by atoms with E-state index in [1.165, 1.54) is 0 Å². The number of rotatable bonds is 6. The fourth-order valence-corrected chi connectivity index (χ4v) is 1.39. The normalized spacial score (nSPS) is 12.2. The van der Waals surface area contributed by atoms with Gasteiger partial charge in [0, 0.05) is 0 Å². The molecule has 0 saturated heterocycles. The van der Waals surface area contributed by atoms with Crippen molar-refractivity contribution < 1.29 is 45.8 Å². The first-order valence-electron chi connectivity index (χ1n) is 6.02. The molecule has 1 amide bonds. The number of amides is 1. The van der Waals surface area contributed by atoms with Crippen LogP contribution >= 0.6 is 0 Å². The van der Waals surface area contributed by atoms with E-state index < -0.39 is 48.5 Å². The quantitative estimate of drug-likeness (QED) is 0.269. The summed E-state index contributed by atoms with van der Waals surface area (Å²) in [6, 6.07) is 2.52. The lowest BCUT2D eigenvalue weighted by Crippen LogP contribution is -2.25. The van der Waals surface area contributed by atoms with Crippen LogP contribution in [0.5, 0.6) is 11.5 Å². The van der Waals surface area contributed by atoms with E-state index in [1.807, 2.05) is 5.32 Å². The van der Waals surface area contributed by atoms with E-state index in [9.17, 15) is 31.1 Å². The average molecular weight is 360 g/mol. The third-order valence-electron chi connectivity index (χ3n) is 2.24. The first-order chi connectivity index (χ1) is 11.0. The van der Waals surface area contributed by atoms with Crippen LogP contribution in [0.2, 0.25) is 0 Å². The van der Waals surface area contributed by atoms with Gasteiger partial charge in [-0.15, -0.1) is 0 Å². The van der Waals surface area contributed by atoms with Gasteiger partial charge in [-0.3, -0.25) is 4.79 Å². The van der Waals surface area contributed by atoms with Gasteiger partial charge < -0.3 is 20.0 Å². The first kappa shape index (κ1) is 19.4. The van der Waals surface area contributed by atoms with Gasteiger partial charge in [-0.1, -0.05) is 5.16 Å². The summed E-state index contributed by atoms with van der Waals surface area (Å²) in [4.78, 5) is 11.7. The predicted molar refractivity (Wildman–Crippen MR) is 67.3 cm³/mol. The third kappa shape index (κ3) is 7.07. The lowest BCUT2D eigenvalue weighted by atomic mass is 10.1. The molecule has 0 aliphatic rings. The summed E-state index contributed by atoms with van der Waals surface area (Å²) in [5.74, 6) is -2.05. The van der Waals surface area contributed by atoms with Crippen LogP contribution < -0.4 is 14.8 Å². The maximum absolute atomic E-state index is 12.2. The number of ether oxygens (including phenoxy) is 2. The van der Waals surface area contributed by atoms with Crippen LogP contribution in [0, 0.1) is 0 Å². The van der Waals surface area contributed by atoms with Crippen molar-refractivity contribution in [2.75, 3.05) is 13.2 Å². The van der Waals surface area contributed by atoms with Gasteiger partial charge >= 0.3 is 12.4 Å². The minimum absolute atomic E-state index is 0.419. The van der Waals surface area contributed by atoms with Crippen LogP contribution in [-0.4, -0.2) is 43.0 Å². The van der Waals surface area contributed by atoms with Gasteiger partial charge in [-0.05, 0) is 18.2 Å². The van der Waals surface area contributed by atoms with E-state index in [1.54, 1.807) is 0 Å². The molecular weight excluding hydrogens is 350 g/mol. The van der Waals surface area contributed by atoms with E-state index >= 15 is 0 Å². The van der Waals surface area contributed by atoms with E-state index in [-0.39, 0.29) is 0 Å². The van der Waals surface area contributed by atoms with Crippen molar-refractivity contribution in [1.29, 1.82) is 0 Å². The highest BCUT2D eigenvalue weighted by Gasteiger charge is 2.30. The number of hydrogen-bond acceptors (Lipinski definition) is 5. The summed E-state index contributed by atoms with van der Waals surface area (Å²) >= 11 is 0. The molecule has 0 atom stereocenters. The molecule has 0 heterocycles. The fourth-order valence-electron chi connectivity index (χ4n) is 1.39. The Hall–Kier alpha value is -2.66. The number of nitrogens with one attached hydrogen (secondary N) is 1. The van der Waals surface area contributed by atoms with Gasteiger partial charge in [-0.25, -0.2) is 0 Å². The van der Waals surface area contributed by atoms with Gasteiger partial charge in [0.1, 0.15) is 17.8 Å². The number of carbonyl (C=O) groups excluding carboxylic acids is 1. The maximum atomic E-state index is 12.2. The van der Waals surface area contributed by atoms with Crippen LogP contribution in [-0.2, 0) is 0 Å². The number of alkyl halides is 6. The Bertz CT molecular complexity index is 600. The monoisotopic (exact) mass is 360 g/mol. The second-order valence-electron chi connectivity index (χ2n) is 4.18. The highest BCUT2D eigenvalue weighted by molar-refractivity contribution is 6.02. The van der Waals surface area contributed by atoms with Crippen molar-refractivity contribution >= 4 is 12.2 Å².